The van der Waals surface area contributed by atoms with Crippen molar-refractivity contribution in [3.05, 3.63) is 24.4 Å². The Bertz CT molecular complexity index is 418. The van der Waals surface area contributed by atoms with Crippen LogP contribution in [0.25, 0.3) is 5.65 Å². The Morgan fingerprint density at radius 1 is 1.50 bits per heavy atom. The Morgan fingerprint density at radius 3 is 3.07 bits per heavy atom. The van der Waals surface area contributed by atoms with E-state index in [2.05, 4.69) is 22.1 Å². The van der Waals surface area contributed by atoms with E-state index in [0.717, 1.165) is 17.9 Å². The Labute approximate surface area is 82.0 Å². The van der Waals surface area contributed by atoms with Gasteiger partial charge in [0.1, 0.15) is 12.2 Å². The van der Waals surface area contributed by atoms with Gasteiger partial charge in [-0.15, -0.1) is 10.2 Å². The van der Waals surface area contributed by atoms with E-state index in [9.17, 15) is 0 Å². The van der Waals surface area contributed by atoms with Gasteiger partial charge in [0.25, 0.3) is 0 Å². The summed E-state index contributed by atoms with van der Waals surface area (Å²) in [4.78, 5) is 4.04. The first-order valence-electron chi connectivity index (χ1n) is 4.71. The van der Waals surface area contributed by atoms with Crippen LogP contribution in [0.5, 0.6) is 0 Å². The first-order valence-corrected chi connectivity index (χ1v) is 4.71. The molecule has 0 saturated carbocycles. The first kappa shape index (κ1) is 9.08. The number of hydrogen-bond donors (Lipinski definition) is 1. The summed E-state index contributed by atoms with van der Waals surface area (Å²) >= 11 is 0. The van der Waals surface area contributed by atoms with Gasteiger partial charge in [0, 0.05) is 24.7 Å². The lowest BCUT2D eigenvalue weighted by molar-refractivity contribution is 0.622. The molecule has 0 aliphatic heterocycles. The fourth-order valence-electron chi connectivity index (χ4n) is 1.50. The number of aromatic nitrogens is 4. The van der Waals surface area contributed by atoms with Crippen LogP contribution < -0.4 is 5.73 Å². The van der Waals surface area contributed by atoms with Gasteiger partial charge in [0.2, 0.25) is 0 Å². The predicted octanol–water partition coefficient (Wildman–Crippen LogP) is 0.577. The smallest absolute Gasteiger partial charge is 0.163 e. The minimum atomic E-state index is 0.259. The highest BCUT2D eigenvalue weighted by Gasteiger charge is 2.14. The standard InChI is InChI=1S/C9H13N5/c1-2-7(5-10)9-13-12-8-3-4-11-6-14(8)9/h3-4,6-7H,2,5,10H2,1H3. The van der Waals surface area contributed by atoms with Crippen LogP contribution in [0.1, 0.15) is 25.1 Å². The average Bonchev–Trinajstić information content (AvgIpc) is 2.65. The van der Waals surface area contributed by atoms with Gasteiger partial charge in [-0.3, -0.25) is 4.40 Å². The van der Waals surface area contributed by atoms with Crippen LogP contribution >= 0.6 is 0 Å². The summed E-state index contributed by atoms with van der Waals surface area (Å²) in [5.41, 5.74) is 6.49. The molecular weight excluding hydrogens is 178 g/mol. The third-order valence-corrected chi connectivity index (χ3v) is 2.38. The van der Waals surface area contributed by atoms with Crippen molar-refractivity contribution in [1.82, 2.24) is 19.6 Å². The fraction of sp³-hybridized carbons (Fsp3) is 0.444. The Hall–Kier alpha value is -1.49. The maximum atomic E-state index is 5.66. The number of nitrogens with zero attached hydrogens (tertiary/aromatic N) is 4. The van der Waals surface area contributed by atoms with Crippen molar-refractivity contribution in [2.24, 2.45) is 5.73 Å². The molecule has 14 heavy (non-hydrogen) atoms. The second-order valence-corrected chi connectivity index (χ2v) is 3.21. The normalized spacial score (nSPS) is 13.3. The maximum absolute atomic E-state index is 5.66. The number of hydrogen-bond acceptors (Lipinski definition) is 4. The molecule has 0 radical (unpaired) electrons. The summed E-state index contributed by atoms with van der Waals surface area (Å²) < 4.78 is 1.89. The molecule has 0 bridgehead atoms. The largest absolute Gasteiger partial charge is 0.330 e. The highest BCUT2D eigenvalue weighted by Crippen LogP contribution is 2.15. The molecule has 0 amide bonds. The van der Waals surface area contributed by atoms with Crippen molar-refractivity contribution in [2.75, 3.05) is 6.54 Å². The SMILES string of the molecule is CCC(CN)c1nnc2ccncn12. The predicted molar refractivity (Wildman–Crippen MR) is 52.9 cm³/mol. The van der Waals surface area contributed by atoms with Gasteiger partial charge in [0.05, 0.1) is 0 Å². The molecule has 1 unspecified atom stereocenters. The second kappa shape index (κ2) is 3.71. The van der Waals surface area contributed by atoms with Crippen LogP contribution in [-0.2, 0) is 0 Å². The second-order valence-electron chi connectivity index (χ2n) is 3.21. The van der Waals surface area contributed by atoms with E-state index in [-0.39, 0.29) is 5.92 Å². The Balaban J connectivity index is 2.51. The van der Waals surface area contributed by atoms with Crippen LogP contribution in [-0.4, -0.2) is 26.1 Å². The lowest BCUT2D eigenvalue weighted by Crippen LogP contribution is -2.14. The van der Waals surface area contributed by atoms with Gasteiger partial charge in [0.15, 0.2) is 5.65 Å². The molecule has 2 heterocycles. The lowest BCUT2D eigenvalue weighted by atomic mass is 10.1. The van der Waals surface area contributed by atoms with Crippen molar-refractivity contribution < 1.29 is 0 Å². The molecule has 0 aromatic carbocycles. The van der Waals surface area contributed by atoms with E-state index in [4.69, 9.17) is 5.73 Å². The molecule has 0 aliphatic carbocycles. The van der Waals surface area contributed by atoms with E-state index < -0.39 is 0 Å². The molecule has 5 nitrogen and oxygen atoms in total. The third kappa shape index (κ3) is 1.35. The molecule has 0 aliphatic rings. The number of nitrogens with two attached hydrogens (primary N) is 1. The van der Waals surface area contributed by atoms with Gasteiger partial charge in [-0.25, -0.2) is 4.98 Å². The summed E-state index contributed by atoms with van der Waals surface area (Å²) in [6.07, 6.45) is 4.40. The molecule has 74 valence electrons. The van der Waals surface area contributed by atoms with Crippen LogP contribution in [0, 0.1) is 0 Å². The molecule has 2 rings (SSSR count). The zero-order chi connectivity index (χ0) is 9.97. The minimum absolute atomic E-state index is 0.259. The molecule has 0 fully saturated rings. The molecule has 0 spiro atoms. The fourth-order valence-corrected chi connectivity index (χ4v) is 1.50. The van der Waals surface area contributed by atoms with E-state index in [1.54, 1.807) is 12.5 Å². The average molecular weight is 191 g/mol. The van der Waals surface area contributed by atoms with Crippen molar-refractivity contribution in [3.63, 3.8) is 0 Å². The molecular formula is C9H13N5. The monoisotopic (exact) mass is 191 g/mol. The summed E-state index contributed by atoms with van der Waals surface area (Å²) in [7, 11) is 0. The van der Waals surface area contributed by atoms with Gasteiger partial charge in [-0.05, 0) is 6.42 Å². The summed E-state index contributed by atoms with van der Waals surface area (Å²) in [5.74, 6) is 1.16. The third-order valence-electron chi connectivity index (χ3n) is 2.38. The summed E-state index contributed by atoms with van der Waals surface area (Å²) in [6.45, 7) is 2.68. The van der Waals surface area contributed by atoms with Gasteiger partial charge < -0.3 is 5.73 Å². The van der Waals surface area contributed by atoms with Gasteiger partial charge in [-0.1, -0.05) is 6.92 Å². The van der Waals surface area contributed by atoms with Crippen molar-refractivity contribution in [1.29, 1.82) is 0 Å². The Morgan fingerprint density at radius 2 is 2.36 bits per heavy atom. The highest BCUT2D eigenvalue weighted by atomic mass is 15.3. The quantitative estimate of drug-likeness (QED) is 0.770. The first-order chi connectivity index (χ1) is 6.86. The summed E-state index contributed by atoms with van der Waals surface area (Å²) in [5, 5.41) is 8.18. The minimum Gasteiger partial charge on any atom is -0.330 e. The van der Waals surface area contributed by atoms with E-state index in [1.807, 2.05) is 10.5 Å². The molecule has 0 saturated heterocycles. The lowest BCUT2D eigenvalue weighted by Gasteiger charge is -2.08. The number of fused-ring (bicyclic) bond motifs is 1. The van der Waals surface area contributed by atoms with E-state index in [0.29, 0.717) is 6.54 Å². The van der Waals surface area contributed by atoms with Crippen LogP contribution in [0.15, 0.2) is 18.6 Å². The van der Waals surface area contributed by atoms with E-state index in [1.165, 1.54) is 0 Å². The van der Waals surface area contributed by atoms with Crippen molar-refractivity contribution in [3.8, 4) is 0 Å². The van der Waals surface area contributed by atoms with Gasteiger partial charge >= 0.3 is 0 Å². The molecule has 2 N–H and O–H groups in total. The van der Waals surface area contributed by atoms with Crippen molar-refractivity contribution in [2.45, 2.75) is 19.3 Å². The molecule has 1 atom stereocenters. The van der Waals surface area contributed by atoms with Crippen LogP contribution in [0.4, 0.5) is 0 Å². The zero-order valence-electron chi connectivity index (χ0n) is 8.09. The highest BCUT2D eigenvalue weighted by molar-refractivity contribution is 5.35. The van der Waals surface area contributed by atoms with Crippen molar-refractivity contribution >= 4 is 5.65 Å². The van der Waals surface area contributed by atoms with Crippen LogP contribution in [0.3, 0.4) is 0 Å². The molecule has 5 heteroatoms. The topological polar surface area (TPSA) is 69.1 Å². The van der Waals surface area contributed by atoms with E-state index >= 15 is 0 Å². The van der Waals surface area contributed by atoms with Crippen LogP contribution in [0.2, 0.25) is 0 Å². The zero-order valence-corrected chi connectivity index (χ0v) is 8.09. The number of rotatable bonds is 3. The Kier molecular flexibility index (Phi) is 2.41. The molecule has 2 aromatic rings. The maximum Gasteiger partial charge on any atom is 0.163 e. The van der Waals surface area contributed by atoms with Gasteiger partial charge in [-0.2, -0.15) is 0 Å². The molecule has 2 aromatic heterocycles. The summed E-state index contributed by atoms with van der Waals surface area (Å²) in [6, 6.07) is 1.83.